The van der Waals surface area contributed by atoms with Gasteiger partial charge in [-0.3, -0.25) is 9.59 Å². The van der Waals surface area contributed by atoms with Crippen LogP contribution in [0.3, 0.4) is 0 Å². The van der Waals surface area contributed by atoms with Gasteiger partial charge in [0.15, 0.2) is 6.10 Å². The van der Waals surface area contributed by atoms with Crippen LogP contribution in [-0.4, -0.2) is 24.5 Å². The lowest BCUT2D eigenvalue weighted by Crippen LogP contribution is -2.30. The Morgan fingerprint density at radius 2 is 1.60 bits per heavy atom. The molecule has 0 bridgehead atoms. The highest BCUT2D eigenvalue weighted by atomic mass is 16.5. The molecule has 5 nitrogen and oxygen atoms in total. The fraction of sp³-hybridized carbons (Fsp3) is 0.300. The van der Waals surface area contributed by atoms with Gasteiger partial charge < -0.3 is 15.4 Å². The first-order valence-electron chi connectivity index (χ1n) is 8.36. The van der Waals surface area contributed by atoms with E-state index in [4.69, 9.17) is 4.74 Å². The van der Waals surface area contributed by atoms with Crippen LogP contribution in [0.2, 0.25) is 0 Å². The molecule has 132 valence electrons. The summed E-state index contributed by atoms with van der Waals surface area (Å²) < 4.78 is 5.59. The summed E-state index contributed by atoms with van der Waals surface area (Å²) in [5.41, 5.74) is 1.18. The van der Waals surface area contributed by atoms with Gasteiger partial charge in [0.05, 0.1) is 0 Å². The van der Waals surface area contributed by atoms with Crippen molar-refractivity contribution in [3.8, 4) is 5.75 Å². The van der Waals surface area contributed by atoms with E-state index in [0.717, 1.165) is 0 Å². The van der Waals surface area contributed by atoms with Crippen molar-refractivity contribution < 1.29 is 14.3 Å². The molecule has 0 aliphatic carbocycles. The zero-order chi connectivity index (χ0) is 18.2. The number of hydrogen-bond donors (Lipinski definition) is 2. The van der Waals surface area contributed by atoms with Crippen LogP contribution in [0.15, 0.2) is 54.6 Å². The zero-order valence-corrected chi connectivity index (χ0v) is 14.8. The predicted molar refractivity (Wildman–Crippen MR) is 98.8 cm³/mol. The maximum atomic E-state index is 12.2. The molecule has 0 saturated carbocycles. The van der Waals surface area contributed by atoms with Gasteiger partial charge in [0, 0.05) is 17.8 Å². The minimum Gasteiger partial charge on any atom is -0.481 e. The number of benzene rings is 2. The average Bonchev–Trinajstić information content (AvgIpc) is 2.61. The van der Waals surface area contributed by atoms with Gasteiger partial charge in [-0.1, -0.05) is 32.0 Å². The van der Waals surface area contributed by atoms with Crippen molar-refractivity contribution >= 4 is 17.5 Å². The number of para-hydroxylation sites is 1. The number of anilines is 1. The molecule has 2 amide bonds. The zero-order valence-electron chi connectivity index (χ0n) is 14.8. The summed E-state index contributed by atoms with van der Waals surface area (Å²) in [6.07, 6.45) is -0.628. The van der Waals surface area contributed by atoms with E-state index in [9.17, 15) is 9.59 Å². The Labute approximate surface area is 148 Å². The lowest BCUT2D eigenvalue weighted by molar-refractivity contribution is -0.122. The van der Waals surface area contributed by atoms with Crippen molar-refractivity contribution in [2.24, 2.45) is 5.92 Å². The van der Waals surface area contributed by atoms with Crippen LogP contribution < -0.4 is 15.4 Å². The number of carbonyl (C=O) groups excluding carboxylic acids is 2. The van der Waals surface area contributed by atoms with Crippen LogP contribution in [0, 0.1) is 5.92 Å². The molecule has 0 radical (unpaired) electrons. The lowest BCUT2D eigenvalue weighted by Gasteiger charge is -2.15. The molecule has 2 N–H and O–H groups in total. The van der Waals surface area contributed by atoms with E-state index in [1.807, 2.05) is 32.0 Å². The summed E-state index contributed by atoms with van der Waals surface area (Å²) in [7, 11) is 0. The van der Waals surface area contributed by atoms with Crippen molar-refractivity contribution in [3.63, 3.8) is 0 Å². The Hall–Kier alpha value is -2.82. The number of ether oxygens (including phenoxy) is 1. The van der Waals surface area contributed by atoms with E-state index in [1.165, 1.54) is 0 Å². The van der Waals surface area contributed by atoms with E-state index in [2.05, 4.69) is 10.6 Å². The smallest absolute Gasteiger partial charge is 0.265 e. The number of carbonyl (C=O) groups is 2. The van der Waals surface area contributed by atoms with Crippen LogP contribution in [0.5, 0.6) is 5.75 Å². The molecule has 25 heavy (non-hydrogen) atoms. The first-order valence-corrected chi connectivity index (χ1v) is 8.36. The molecule has 0 aromatic heterocycles. The molecule has 5 heteroatoms. The average molecular weight is 340 g/mol. The van der Waals surface area contributed by atoms with E-state index in [0.29, 0.717) is 29.5 Å². The molecule has 0 spiro atoms. The Bertz CT molecular complexity index is 697. The molecular formula is C20H24N2O3. The minimum absolute atomic E-state index is 0.118. The Morgan fingerprint density at radius 1 is 0.960 bits per heavy atom. The molecule has 0 fully saturated rings. The van der Waals surface area contributed by atoms with Gasteiger partial charge in [-0.05, 0) is 49.2 Å². The van der Waals surface area contributed by atoms with Gasteiger partial charge in [-0.2, -0.15) is 0 Å². The van der Waals surface area contributed by atoms with E-state index in [-0.39, 0.29) is 11.8 Å². The quantitative estimate of drug-likeness (QED) is 0.811. The number of hydrogen-bond acceptors (Lipinski definition) is 3. The summed E-state index contributed by atoms with van der Waals surface area (Å²) in [6, 6.07) is 16.0. The topological polar surface area (TPSA) is 67.4 Å². The molecule has 0 aliphatic heterocycles. The highest BCUT2D eigenvalue weighted by Crippen LogP contribution is 2.13. The molecular weight excluding hydrogens is 316 g/mol. The van der Waals surface area contributed by atoms with Crippen molar-refractivity contribution in [2.75, 3.05) is 11.9 Å². The monoisotopic (exact) mass is 340 g/mol. The molecule has 0 aliphatic rings. The molecule has 2 rings (SSSR count). The van der Waals surface area contributed by atoms with Gasteiger partial charge in [-0.15, -0.1) is 0 Å². The molecule has 1 atom stereocenters. The third kappa shape index (κ3) is 5.95. The molecule has 2 aromatic rings. The van der Waals surface area contributed by atoms with Crippen molar-refractivity contribution in [3.05, 3.63) is 60.2 Å². The number of rotatable bonds is 7. The predicted octanol–water partition coefficient (Wildman–Crippen LogP) is 3.48. The largest absolute Gasteiger partial charge is 0.481 e. The Balaban J connectivity index is 1.89. The van der Waals surface area contributed by atoms with Crippen LogP contribution >= 0.6 is 0 Å². The van der Waals surface area contributed by atoms with Crippen molar-refractivity contribution in [2.45, 2.75) is 26.9 Å². The minimum atomic E-state index is -0.628. The van der Waals surface area contributed by atoms with Gasteiger partial charge in [0.2, 0.25) is 0 Å². The highest BCUT2D eigenvalue weighted by Gasteiger charge is 2.15. The highest BCUT2D eigenvalue weighted by molar-refractivity contribution is 5.96. The fourth-order valence-electron chi connectivity index (χ4n) is 2.10. The molecule has 2 aromatic carbocycles. The van der Waals surface area contributed by atoms with Crippen LogP contribution in [0.1, 0.15) is 31.1 Å². The normalized spacial score (nSPS) is 11.7. The SMILES string of the molecule is CC(C)CNC(=O)c1ccc(NC(=O)[C@@H](C)Oc2ccccc2)cc1. The number of nitrogens with one attached hydrogen (secondary N) is 2. The van der Waals surface area contributed by atoms with E-state index >= 15 is 0 Å². The molecule has 0 saturated heterocycles. The van der Waals surface area contributed by atoms with Gasteiger partial charge in [-0.25, -0.2) is 0 Å². The third-order valence-corrected chi connectivity index (χ3v) is 3.51. The second kappa shape index (κ2) is 8.87. The second-order valence-electron chi connectivity index (χ2n) is 6.24. The van der Waals surface area contributed by atoms with Crippen molar-refractivity contribution in [1.82, 2.24) is 5.32 Å². The summed E-state index contributed by atoms with van der Waals surface area (Å²) >= 11 is 0. The third-order valence-electron chi connectivity index (χ3n) is 3.51. The van der Waals surface area contributed by atoms with Crippen LogP contribution in [0.25, 0.3) is 0 Å². The molecule has 0 unspecified atom stereocenters. The maximum Gasteiger partial charge on any atom is 0.265 e. The first kappa shape index (κ1) is 18.5. The van der Waals surface area contributed by atoms with E-state index < -0.39 is 6.10 Å². The summed E-state index contributed by atoms with van der Waals surface area (Å²) in [6.45, 7) is 6.40. The molecule has 0 heterocycles. The fourth-order valence-corrected chi connectivity index (χ4v) is 2.10. The maximum absolute atomic E-state index is 12.2. The van der Waals surface area contributed by atoms with E-state index in [1.54, 1.807) is 43.3 Å². The summed E-state index contributed by atoms with van der Waals surface area (Å²) in [4.78, 5) is 24.2. The second-order valence-corrected chi connectivity index (χ2v) is 6.24. The summed E-state index contributed by atoms with van der Waals surface area (Å²) in [5, 5.41) is 5.64. The van der Waals surface area contributed by atoms with Gasteiger partial charge >= 0.3 is 0 Å². The standard InChI is InChI=1S/C20H24N2O3/c1-14(2)13-21-20(24)16-9-11-17(12-10-16)22-19(23)15(3)25-18-7-5-4-6-8-18/h4-12,14-15H,13H2,1-3H3,(H,21,24)(H,22,23)/t15-/m1/s1. The van der Waals surface area contributed by atoms with Gasteiger partial charge in [0.25, 0.3) is 11.8 Å². The Morgan fingerprint density at radius 3 is 2.20 bits per heavy atom. The lowest BCUT2D eigenvalue weighted by atomic mass is 10.1. The van der Waals surface area contributed by atoms with Crippen LogP contribution in [-0.2, 0) is 4.79 Å². The Kier molecular flexibility index (Phi) is 6.57. The summed E-state index contributed by atoms with van der Waals surface area (Å²) in [5.74, 6) is 0.671. The van der Waals surface area contributed by atoms with Gasteiger partial charge in [0.1, 0.15) is 5.75 Å². The number of amides is 2. The van der Waals surface area contributed by atoms with Crippen LogP contribution in [0.4, 0.5) is 5.69 Å². The first-order chi connectivity index (χ1) is 12.0. The van der Waals surface area contributed by atoms with Crippen molar-refractivity contribution in [1.29, 1.82) is 0 Å².